The first-order valence-electron chi connectivity index (χ1n) is 10.1. The second-order valence-corrected chi connectivity index (χ2v) is 7.41. The van der Waals surface area contributed by atoms with Crippen LogP contribution >= 0.6 is 0 Å². The molecule has 31 heavy (non-hydrogen) atoms. The summed E-state index contributed by atoms with van der Waals surface area (Å²) in [6, 6.07) is 13.2. The molecule has 4 N–H and O–H groups in total. The molecule has 0 saturated heterocycles. The molecule has 0 aromatic heterocycles. The lowest BCUT2D eigenvalue weighted by molar-refractivity contribution is -0.128. The molecule has 1 heterocycles. The second-order valence-electron chi connectivity index (χ2n) is 7.41. The number of nitrogens with zero attached hydrogens (tertiary/aromatic N) is 2. The first-order valence-corrected chi connectivity index (χ1v) is 10.1. The zero-order chi connectivity index (χ0) is 22.4. The van der Waals surface area contributed by atoms with Gasteiger partial charge >= 0.3 is 0 Å². The molecule has 0 spiro atoms. The Bertz CT molecular complexity index is 999. The Morgan fingerprint density at radius 3 is 2.58 bits per heavy atom. The molecule has 2 aromatic rings. The van der Waals surface area contributed by atoms with Crippen molar-refractivity contribution in [2.24, 2.45) is 5.73 Å². The summed E-state index contributed by atoms with van der Waals surface area (Å²) in [5.41, 5.74) is 10.1. The monoisotopic (exact) mass is 420 g/mol. The molecule has 0 bridgehead atoms. The van der Waals surface area contributed by atoms with E-state index < -0.39 is 6.04 Å². The van der Waals surface area contributed by atoms with Crippen LogP contribution in [0, 0.1) is 5.82 Å². The average molecular weight is 421 g/mol. The van der Waals surface area contributed by atoms with E-state index in [1.165, 1.54) is 12.1 Å². The Hall–Kier alpha value is -3.45. The molecule has 7 heteroatoms. The number of halogens is 1. The van der Waals surface area contributed by atoms with Gasteiger partial charge in [-0.3, -0.25) is 4.79 Å². The number of fused-ring (bicyclic) bond motifs is 1. The molecule has 1 unspecified atom stereocenters. The highest BCUT2D eigenvalue weighted by molar-refractivity contribution is 5.93. The molecule has 3 rings (SSSR count). The van der Waals surface area contributed by atoms with E-state index in [-0.39, 0.29) is 17.6 Å². The van der Waals surface area contributed by atoms with E-state index in [0.717, 1.165) is 17.3 Å². The smallest absolute Gasteiger partial charge is 0.269 e. The van der Waals surface area contributed by atoms with Gasteiger partial charge in [0.15, 0.2) is 0 Å². The summed E-state index contributed by atoms with van der Waals surface area (Å²) in [6.07, 6.45) is 4.45. The lowest BCUT2D eigenvalue weighted by atomic mass is 9.85. The molecule has 1 aliphatic rings. The summed E-state index contributed by atoms with van der Waals surface area (Å²) in [6.45, 7) is 0.861. The fourth-order valence-corrected chi connectivity index (χ4v) is 3.83. The van der Waals surface area contributed by atoms with E-state index in [1.54, 1.807) is 43.4 Å². The Balaban J connectivity index is 1.90. The highest BCUT2D eigenvalue weighted by atomic mass is 19.1. The molecule has 1 amide bonds. The quantitative estimate of drug-likeness (QED) is 0.474. The Morgan fingerprint density at radius 1 is 1.23 bits per heavy atom. The SMILES string of the molecule is CN/C=C(\C=[N-])[C@@H]1CN(C(=O)/C(=C/C(N)c2ccc(F)cc2)NC)Cc2ccccc21. The maximum Gasteiger partial charge on any atom is 0.269 e. The van der Waals surface area contributed by atoms with Gasteiger partial charge in [0.1, 0.15) is 5.82 Å². The minimum atomic E-state index is -0.564. The topological polar surface area (TPSA) is 92.7 Å². The third kappa shape index (κ3) is 5.00. The van der Waals surface area contributed by atoms with Crippen LogP contribution < -0.4 is 16.4 Å². The summed E-state index contributed by atoms with van der Waals surface area (Å²) < 4.78 is 13.2. The molecule has 0 aliphatic carbocycles. The average Bonchev–Trinajstić information content (AvgIpc) is 2.80. The van der Waals surface area contributed by atoms with Crippen molar-refractivity contribution in [1.82, 2.24) is 15.5 Å². The van der Waals surface area contributed by atoms with Gasteiger partial charge in [0.25, 0.3) is 5.91 Å². The number of amides is 1. The molecule has 2 aromatic carbocycles. The van der Waals surface area contributed by atoms with Gasteiger partial charge in [0, 0.05) is 33.1 Å². The van der Waals surface area contributed by atoms with Crippen LogP contribution in [-0.2, 0) is 11.3 Å². The fraction of sp³-hybridized carbons (Fsp3) is 0.250. The van der Waals surface area contributed by atoms with Crippen molar-refractivity contribution < 1.29 is 9.18 Å². The van der Waals surface area contributed by atoms with Gasteiger partial charge in [-0.15, -0.1) is 0 Å². The van der Waals surface area contributed by atoms with Crippen molar-refractivity contribution in [2.75, 3.05) is 20.6 Å². The first kappa shape index (κ1) is 22.2. The second kappa shape index (κ2) is 10.0. The number of hydrogen-bond acceptors (Lipinski definition) is 4. The van der Waals surface area contributed by atoms with E-state index in [4.69, 9.17) is 5.73 Å². The van der Waals surface area contributed by atoms with Crippen LogP contribution in [-0.4, -0.2) is 37.7 Å². The van der Waals surface area contributed by atoms with E-state index in [2.05, 4.69) is 10.6 Å². The highest BCUT2D eigenvalue weighted by Crippen LogP contribution is 2.33. The van der Waals surface area contributed by atoms with Crippen LogP contribution in [0.3, 0.4) is 0 Å². The summed E-state index contributed by atoms with van der Waals surface area (Å²) in [7, 11) is 3.43. The van der Waals surface area contributed by atoms with Gasteiger partial charge in [-0.05, 0) is 46.7 Å². The predicted molar refractivity (Wildman–Crippen MR) is 122 cm³/mol. The van der Waals surface area contributed by atoms with Crippen LogP contribution in [0.25, 0.3) is 5.41 Å². The van der Waals surface area contributed by atoms with Gasteiger partial charge in [0.2, 0.25) is 0 Å². The molecule has 0 radical (unpaired) electrons. The molecule has 0 fully saturated rings. The fourth-order valence-electron chi connectivity index (χ4n) is 3.83. The number of rotatable bonds is 7. The largest absolute Gasteiger partial charge is 0.810 e. The van der Waals surface area contributed by atoms with E-state index in [0.29, 0.717) is 29.9 Å². The number of carbonyl (C=O) groups excluding carboxylic acids is 1. The predicted octanol–water partition coefficient (Wildman–Crippen LogP) is 2.80. The Morgan fingerprint density at radius 2 is 1.94 bits per heavy atom. The van der Waals surface area contributed by atoms with Crippen LogP contribution in [0.2, 0.25) is 0 Å². The minimum Gasteiger partial charge on any atom is -0.810 e. The number of nitrogens with two attached hydrogens (primary N) is 1. The number of carbonyl (C=O) groups is 1. The Labute approximate surface area is 182 Å². The van der Waals surface area contributed by atoms with Crippen molar-refractivity contribution >= 4 is 12.1 Å². The van der Waals surface area contributed by atoms with Crippen molar-refractivity contribution in [1.29, 1.82) is 0 Å². The number of likely N-dealkylation sites (N-methyl/N-ethyl adjacent to an activating group) is 1. The number of benzene rings is 2. The van der Waals surface area contributed by atoms with Crippen LogP contribution in [0.1, 0.15) is 28.7 Å². The number of hydrogen-bond donors (Lipinski definition) is 3. The molecule has 162 valence electrons. The summed E-state index contributed by atoms with van der Waals surface area (Å²) in [4.78, 5) is 15.1. The zero-order valence-corrected chi connectivity index (χ0v) is 17.7. The Kier molecular flexibility index (Phi) is 7.20. The van der Waals surface area contributed by atoms with Gasteiger partial charge in [-0.1, -0.05) is 36.4 Å². The molecular weight excluding hydrogens is 393 g/mol. The normalized spacial score (nSPS) is 17.5. The van der Waals surface area contributed by atoms with Gasteiger partial charge in [0.05, 0.1) is 11.7 Å². The van der Waals surface area contributed by atoms with Gasteiger partial charge in [-0.2, -0.15) is 6.21 Å². The first-order chi connectivity index (χ1) is 15.0. The summed E-state index contributed by atoms with van der Waals surface area (Å²) in [5, 5.41) is 15.7. The maximum absolute atomic E-state index is 13.3. The van der Waals surface area contributed by atoms with Gasteiger partial charge in [-0.25, -0.2) is 4.39 Å². The third-order valence-corrected chi connectivity index (χ3v) is 5.45. The molecule has 0 saturated carbocycles. The molecule has 2 atom stereocenters. The summed E-state index contributed by atoms with van der Waals surface area (Å²) in [5.74, 6) is -0.703. The van der Waals surface area contributed by atoms with Crippen LogP contribution in [0.15, 0.2) is 72.1 Å². The lowest BCUT2D eigenvalue weighted by Crippen LogP contribution is -2.42. The molecule has 6 nitrogen and oxygen atoms in total. The van der Waals surface area contributed by atoms with Crippen LogP contribution in [0.4, 0.5) is 4.39 Å². The standard InChI is InChI=1S/C24H27FN5O/c1-28-13-18(12-26)21-15-30(14-17-5-3-4-6-20(17)21)24(31)23(29-2)11-22(27)16-7-9-19(25)10-8-16/h3-13,21-22,28-29H,14-15,27H2,1-2H3/q-1/b18-13+,23-11-/t21-,22?/m0/s1. The third-order valence-electron chi connectivity index (χ3n) is 5.45. The molecule has 1 aliphatic heterocycles. The maximum atomic E-state index is 13.3. The van der Waals surface area contributed by atoms with Crippen molar-refractivity contribution in [2.45, 2.75) is 18.5 Å². The van der Waals surface area contributed by atoms with Crippen molar-refractivity contribution in [3.05, 3.63) is 100.0 Å². The summed E-state index contributed by atoms with van der Waals surface area (Å²) >= 11 is 0. The number of nitrogens with one attached hydrogen (secondary N) is 2. The van der Waals surface area contributed by atoms with Crippen molar-refractivity contribution in [3.8, 4) is 0 Å². The van der Waals surface area contributed by atoms with E-state index in [1.807, 2.05) is 24.3 Å². The molecular formula is C24H27FN5O-. The van der Waals surface area contributed by atoms with Crippen molar-refractivity contribution in [3.63, 3.8) is 0 Å². The van der Waals surface area contributed by atoms with E-state index >= 15 is 0 Å². The zero-order valence-electron chi connectivity index (χ0n) is 17.7. The van der Waals surface area contributed by atoms with Gasteiger partial charge < -0.3 is 26.7 Å². The van der Waals surface area contributed by atoms with E-state index in [9.17, 15) is 14.6 Å². The highest BCUT2D eigenvalue weighted by Gasteiger charge is 2.30. The minimum absolute atomic E-state index is 0.171. The van der Waals surface area contributed by atoms with Crippen LogP contribution in [0.5, 0.6) is 0 Å². The lowest BCUT2D eigenvalue weighted by Gasteiger charge is -2.36.